The number of rotatable bonds is 6. The summed E-state index contributed by atoms with van der Waals surface area (Å²) >= 11 is 0.605. The summed E-state index contributed by atoms with van der Waals surface area (Å²) in [4.78, 5) is 45.1. The Labute approximate surface area is 135 Å². The number of carbonyl (C=O) groups excluding carboxylic acids is 2. The number of amides is 1. The van der Waals surface area contributed by atoms with E-state index in [-0.39, 0.29) is 18.1 Å². The first kappa shape index (κ1) is 18.8. The van der Waals surface area contributed by atoms with Crippen molar-refractivity contribution in [1.82, 2.24) is 5.32 Å². The molecule has 1 aromatic rings. The van der Waals surface area contributed by atoms with Crippen molar-refractivity contribution in [2.75, 3.05) is 0 Å². The standard InChI is InChI=1S/C13H17NO8S/c1-6-8(22-11(18)21-6)5-20-12(19)23-13(3,4)9(10(16)17)14-7(2)15/h9H,5H2,1-4H3,(H,14,15)(H,16,17)/t9-/m0/s1. The van der Waals surface area contributed by atoms with E-state index in [0.29, 0.717) is 11.8 Å². The van der Waals surface area contributed by atoms with Crippen LogP contribution in [0.15, 0.2) is 13.6 Å². The van der Waals surface area contributed by atoms with Gasteiger partial charge >= 0.3 is 17.1 Å². The average molecular weight is 347 g/mol. The number of hydrogen-bond acceptors (Lipinski definition) is 8. The second kappa shape index (κ2) is 7.36. The van der Waals surface area contributed by atoms with Crippen LogP contribution in [0.5, 0.6) is 0 Å². The van der Waals surface area contributed by atoms with Crippen LogP contribution in [-0.2, 0) is 20.9 Å². The third kappa shape index (κ3) is 5.47. The number of nitrogens with one attached hydrogen (secondary N) is 1. The topological polar surface area (TPSA) is 136 Å². The Morgan fingerprint density at radius 1 is 1.35 bits per heavy atom. The normalized spacial score (nSPS) is 12.5. The van der Waals surface area contributed by atoms with E-state index in [0.717, 1.165) is 0 Å². The van der Waals surface area contributed by atoms with Crippen molar-refractivity contribution in [1.29, 1.82) is 0 Å². The lowest BCUT2D eigenvalue weighted by Crippen LogP contribution is -2.52. The Kier molecular flexibility index (Phi) is 6.02. The summed E-state index contributed by atoms with van der Waals surface area (Å²) in [6.45, 7) is 5.30. The van der Waals surface area contributed by atoms with Crippen LogP contribution in [0.2, 0.25) is 0 Å². The number of ether oxygens (including phenoxy) is 1. The molecule has 0 saturated heterocycles. The fourth-order valence-corrected chi connectivity index (χ4v) is 2.50. The Balaban J connectivity index is 2.69. The zero-order valence-corrected chi connectivity index (χ0v) is 13.8. The molecule has 0 aliphatic carbocycles. The molecule has 10 heteroatoms. The first-order valence-corrected chi connectivity index (χ1v) is 7.29. The molecule has 1 rings (SSSR count). The summed E-state index contributed by atoms with van der Waals surface area (Å²) in [5.74, 6) is -2.46. The quantitative estimate of drug-likeness (QED) is 0.729. The van der Waals surface area contributed by atoms with Crippen LogP contribution in [0.4, 0.5) is 4.79 Å². The molecule has 1 atom stereocenters. The maximum Gasteiger partial charge on any atom is 0.519 e. The number of aryl methyl sites for hydroxylation is 1. The van der Waals surface area contributed by atoms with Crippen LogP contribution in [0.3, 0.4) is 0 Å². The average Bonchev–Trinajstić information content (AvgIpc) is 2.70. The van der Waals surface area contributed by atoms with Crippen LogP contribution in [0, 0.1) is 6.92 Å². The summed E-state index contributed by atoms with van der Waals surface area (Å²) in [5, 5.41) is 10.7. The van der Waals surface area contributed by atoms with E-state index < -0.39 is 33.8 Å². The van der Waals surface area contributed by atoms with E-state index in [1.807, 2.05) is 0 Å². The van der Waals surface area contributed by atoms with Gasteiger partial charge in [0, 0.05) is 6.92 Å². The van der Waals surface area contributed by atoms with Crippen molar-refractivity contribution in [3.8, 4) is 0 Å². The number of carboxylic acids is 1. The second-order valence-electron chi connectivity index (χ2n) is 5.15. The van der Waals surface area contributed by atoms with Crippen molar-refractivity contribution in [2.24, 2.45) is 0 Å². The molecular weight excluding hydrogens is 330 g/mol. The highest BCUT2D eigenvalue weighted by Gasteiger charge is 2.39. The van der Waals surface area contributed by atoms with Crippen molar-refractivity contribution in [3.63, 3.8) is 0 Å². The highest BCUT2D eigenvalue weighted by Crippen LogP contribution is 2.30. The van der Waals surface area contributed by atoms with Crippen LogP contribution in [0.1, 0.15) is 32.3 Å². The Bertz CT molecular complexity index is 659. The van der Waals surface area contributed by atoms with Gasteiger partial charge in [-0.1, -0.05) is 0 Å². The number of aliphatic carboxylic acids is 1. The molecule has 0 aromatic carbocycles. The molecule has 0 spiro atoms. The summed E-state index contributed by atoms with van der Waals surface area (Å²) in [6, 6.07) is -1.29. The van der Waals surface area contributed by atoms with Gasteiger partial charge in [-0.3, -0.25) is 4.79 Å². The molecular formula is C13H17NO8S. The van der Waals surface area contributed by atoms with Gasteiger partial charge in [-0.2, -0.15) is 0 Å². The Morgan fingerprint density at radius 3 is 2.39 bits per heavy atom. The summed E-state index contributed by atoms with van der Waals surface area (Å²) in [7, 11) is 0. The van der Waals surface area contributed by atoms with Gasteiger partial charge in [-0.15, -0.1) is 0 Å². The molecule has 0 aliphatic heterocycles. The van der Waals surface area contributed by atoms with Gasteiger partial charge in [0.1, 0.15) is 6.04 Å². The SMILES string of the molecule is CC(=O)N[C@@H](C(=O)O)C(C)(C)SC(=O)OCc1oc(=O)oc1C. The molecule has 0 bridgehead atoms. The lowest BCUT2D eigenvalue weighted by molar-refractivity contribution is -0.142. The fourth-order valence-electron chi connectivity index (χ4n) is 1.67. The van der Waals surface area contributed by atoms with Crippen molar-refractivity contribution >= 4 is 28.9 Å². The van der Waals surface area contributed by atoms with E-state index >= 15 is 0 Å². The Morgan fingerprint density at radius 2 is 1.96 bits per heavy atom. The zero-order valence-electron chi connectivity index (χ0n) is 13.0. The van der Waals surface area contributed by atoms with E-state index in [2.05, 4.69) is 14.2 Å². The lowest BCUT2D eigenvalue weighted by Gasteiger charge is -2.29. The highest BCUT2D eigenvalue weighted by atomic mass is 32.2. The molecule has 1 heterocycles. The summed E-state index contributed by atoms with van der Waals surface area (Å²) in [5.41, 5.74) is 0. The van der Waals surface area contributed by atoms with Gasteiger partial charge in [0.25, 0.3) is 0 Å². The molecule has 0 aliphatic rings. The molecule has 0 unspecified atom stereocenters. The molecule has 0 fully saturated rings. The maximum atomic E-state index is 11.8. The van der Waals surface area contributed by atoms with Crippen molar-refractivity contribution < 1.29 is 33.1 Å². The summed E-state index contributed by atoms with van der Waals surface area (Å²) in [6.07, 6.45) is 0. The van der Waals surface area contributed by atoms with Crippen LogP contribution in [0.25, 0.3) is 0 Å². The molecule has 0 saturated carbocycles. The number of carboxylic acid groups (broad SMARTS) is 1. The number of carbonyl (C=O) groups is 3. The van der Waals surface area contributed by atoms with Gasteiger partial charge in [-0.25, -0.2) is 14.4 Å². The van der Waals surface area contributed by atoms with Gasteiger partial charge < -0.3 is 24.0 Å². The maximum absolute atomic E-state index is 11.8. The van der Waals surface area contributed by atoms with Crippen molar-refractivity contribution in [3.05, 3.63) is 22.1 Å². The molecule has 128 valence electrons. The minimum Gasteiger partial charge on any atom is -0.480 e. The molecule has 2 N–H and O–H groups in total. The fraction of sp³-hybridized carbons (Fsp3) is 0.538. The van der Waals surface area contributed by atoms with E-state index in [4.69, 9.17) is 4.74 Å². The smallest absolute Gasteiger partial charge is 0.480 e. The third-order valence-corrected chi connectivity index (χ3v) is 3.84. The van der Waals surface area contributed by atoms with Gasteiger partial charge in [0.15, 0.2) is 18.1 Å². The molecule has 9 nitrogen and oxygen atoms in total. The van der Waals surface area contributed by atoms with Crippen LogP contribution >= 0.6 is 11.8 Å². The molecule has 1 aromatic heterocycles. The van der Waals surface area contributed by atoms with E-state index in [9.17, 15) is 24.3 Å². The lowest BCUT2D eigenvalue weighted by atomic mass is 10.0. The Hall–Kier alpha value is -2.23. The van der Waals surface area contributed by atoms with Crippen LogP contribution < -0.4 is 11.1 Å². The van der Waals surface area contributed by atoms with E-state index in [1.165, 1.54) is 27.7 Å². The predicted octanol–water partition coefficient (Wildman–Crippen LogP) is 1.28. The minimum atomic E-state index is -1.29. The number of hydrogen-bond donors (Lipinski definition) is 2. The second-order valence-corrected chi connectivity index (χ2v) is 6.74. The van der Waals surface area contributed by atoms with Crippen molar-refractivity contribution in [2.45, 2.75) is 45.1 Å². The van der Waals surface area contributed by atoms with Crippen LogP contribution in [-0.4, -0.2) is 33.1 Å². The largest absolute Gasteiger partial charge is 0.519 e. The van der Waals surface area contributed by atoms with E-state index in [1.54, 1.807) is 0 Å². The molecule has 1 amide bonds. The van der Waals surface area contributed by atoms with Gasteiger partial charge in [-0.05, 0) is 32.5 Å². The predicted molar refractivity (Wildman–Crippen MR) is 79.1 cm³/mol. The monoisotopic (exact) mass is 347 g/mol. The van der Waals surface area contributed by atoms with Gasteiger partial charge in [0.05, 0.1) is 4.75 Å². The molecule has 0 radical (unpaired) electrons. The summed E-state index contributed by atoms with van der Waals surface area (Å²) < 4.78 is 13.0. The van der Waals surface area contributed by atoms with Gasteiger partial charge in [0.2, 0.25) is 5.91 Å². The first-order chi connectivity index (χ1) is 10.5. The minimum absolute atomic E-state index is 0.0680. The third-order valence-electron chi connectivity index (χ3n) is 2.79. The highest BCUT2D eigenvalue weighted by molar-refractivity contribution is 8.14. The number of thioether (sulfide) groups is 1. The molecule has 23 heavy (non-hydrogen) atoms. The zero-order chi connectivity index (χ0) is 17.8. The first-order valence-electron chi connectivity index (χ1n) is 6.48.